The van der Waals surface area contributed by atoms with Gasteiger partial charge in [0.05, 0.1) is 13.2 Å². The molecule has 1 aromatic carbocycles. The first-order chi connectivity index (χ1) is 13.7. The number of halogens is 2. The average molecular weight is 404 g/mol. The first-order valence-corrected chi connectivity index (χ1v) is 9.19. The van der Waals surface area contributed by atoms with Gasteiger partial charge in [0.2, 0.25) is 5.82 Å². The number of nitrogens with one attached hydrogen (secondary N) is 1. The molecule has 0 bridgehead atoms. The highest BCUT2D eigenvalue weighted by molar-refractivity contribution is 5.97. The molecule has 1 aromatic heterocycles. The molecule has 29 heavy (non-hydrogen) atoms. The van der Waals surface area contributed by atoms with Crippen LogP contribution in [0, 0.1) is 17.6 Å². The Labute approximate surface area is 167 Å². The van der Waals surface area contributed by atoms with Gasteiger partial charge in [0.15, 0.2) is 17.3 Å². The van der Waals surface area contributed by atoms with Crippen molar-refractivity contribution >= 4 is 17.4 Å². The van der Waals surface area contributed by atoms with Crippen LogP contribution in [0.25, 0.3) is 0 Å². The number of Topliss-reactive ketones (excluding diaryl/α,β-unsaturated/α-hetero) is 1. The fourth-order valence-electron chi connectivity index (χ4n) is 3.61. The number of ether oxygens (including phenoxy) is 2. The standard InChI is InChI=1S/C21H22F2N2O4/c1-10-12(3)29-20(17(10)14-5-6-15(22)18(23)19(14)28-4)21(27)25-13-7-8-24-16(9-13)11(2)26/h5-10,12,17,20H,1-4H3,(H,24,25,27)/t10-,12+,17-,20-/m1/s1. The molecule has 1 saturated heterocycles. The molecule has 0 spiro atoms. The number of aromatic nitrogens is 1. The van der Waals surface area contributed by atoms with Crippen molar-refractivity contribution in [1.82, 2.24) is 4.98 Å². The predicted octanol–water partition coefficient (Wildman–Crippen LogP) is 3.72. The van der Waals surface area contributed by atoms with Gasteiger partial charge in [0.1, 0.15) is 11.8 Å². The van der Waals surface area contributed by atoms with Crippen LogP contribution in [-0.4, -0.2) is 36.0 Å². The maximum absolute atomic E-state index is 14.3. The third kappa shape index (κ3) is 3.98. The number of carbonyl (C=O) groups is 2. The minimum atomic E-state index is -1.10. The Hall–Kier alpha value is -2.87. The van der Waals surface area contributed by atoms with Gasteiger partial charge in [-0.25, -0.2) is 4.39 Å². The van der Waals surface area contributed by atoms with Gasteiger partial charge >= 0.3 is 0 Å². The molecule has 3 rings (SSSR count). The Morgan fingerprint density at radius 2 is 1.93 bits per heavy atom. The van der Waals surface area contributed by atoms with Crippen LogP contribution in [0.3, 0.4) is 0 Å². The number of nitrogens with zero attached hydrogens (tertiary/aromatic N) is 1. The molecule has 0 saturated carbocycles. The number of pyridine rings is 1. The van der Waals surface area contributed by atoms with E-state index in [0.29, 0.717) is 11.3 Å². The van der Waals surface area contributed by atoms with E-state index in [1.807, 2.05) is 13.8 Å². The van der Waals surface area contributed by atoms with Gasteiger partial charge in [-0.2, -0.15) is 4.39 Å². The van der Waals surface area contributed by atoms with E-state index in [-0.39, 0.29) is 29.2 Å². The Morgan fingerprint density at radius 3 is 2.59 bits per heavy atom. The molecule has 4 atom stereocenters. The zero-order valence-electron chi connectivity index (χ0n) is 16.5. The molecule has 1 aliphatic rings. The van der Waals surface area contributed by atoms with E-state index in [2.05, 4.69) is 10.3 Å². The third-order valence-corrected chi connectivity index (χ3v) is 5.28. The number of ketones is 1. The van der Waals surface area contributed by atoms with Crippen LogP contribution in [-0.2, 0) is 9.53 Å². The first kappa shape index (κ1) is 20.9. The number of benzene rings is 1. The molecule has 1 fully saturated rings. The maximum Gasteiger partial charge on any atom is 0.254 e. The molecule has 1 aliphatic heterocycles. The smallest absolute Gasteiger partial charge is 0.254 e. The van der Waals surface area contributed by atoms with E-state index in [1.165, 1.54) is 32.4 Å². The van der Waals surface area contributed by atoms with E-state index in [1.54, 1.807) is 6.07 Å². The number of carbonyl (C=O) groups excluding carboxylic acids is 2. The fourth-order valence-corrected chi connectivity index (χ4v) is 3.61. The minimum Gasteiger partial charge on any atom is -0.493 e. The normalized spacial score (nSPS) is 23.7. The number of methoxy groups -OCH3 is 1. The lowest BCUT2D eigenvalue weighted by Crippen LogP contribution is -2.33. The Balaban J connectivity index is 1.94. The van der Waals surface area contributed by atoms with Gasteiger partial charge in [0, 0.05) is 30.3 Å². The average Bonchev–Trinajstić information content (AvgIpc) is 2.99. The summed E-state index contributed by atoms with van der Waals surface area (Å²) < 4.78 is 38.9. The number of hydrogen-bond donors (Lipinski definition) is 1. The molecule has 6 nitrogen and oxygen atoms in total. The summed E-state index contributed by atoms with van der Waals surface area (Å²) in [5, 5.41) is 2.72. The quantitative estimate of drug-likeness (QED) is 0.769. The fraction of sp³-hybridized carbons (Fsp3) is 0.381. The third-order valence-electron chi connectivity index (χ3n) is 5.28. The van der Waals surface area contributed by atoms with Crippen molar-refractivity contribution in [3.63, 3.8) is 0 Å². The van der Waals surface area contributed by atoms with Gasteiger partial charge in [-0.1, -0.05) is 13.0 Å². The molecule has 2 heterocycles. The topological polar surface area (TPSA) is 77.5 Å². The van der Waals surface area contributed by atoms with Crippen LogP contribution in [0.5, 0.6) is 5.75 Å². The SMILES string of the molecule is COc1c([C@H]2[C@H](C)[C@H](C)O[C@H]2C(=O)Nc2ccnc(C(C)=O)c2)ccc(F)c1F. The lowest BCUT2D eigenvalue weighted by Gasteiger charge is -2.23. The van der Waals surface area contributed by atoms with Crippen molar-refractivity contribution < 1.29 is 27.8 Å². The van der Waals surface area contributed by atoms with Gasteiger partial charge in [-0.15, -0.1) is 0 Å². The number of anilines is 1. The van der Waals surface area contributed by atoms with Crippen LogP contribution in [0.1, 0.15) is 42.7 Å². The lowest BCUT2D eigenvalue weighted by atomic mass is 9.82. The van der Waals surface area contributed by atoms with Crippen LogP contribution < -0.4 is 10.1 Å². The molecular weight excluding hydrogens is 382 g/mol. The zero-order valence-corrected chi connectivity index (χ0v) is 16.5. The summed E-state index contributed by atoms with van der Waals surface area (Å²) in [6.45, 7) is 5.07. The summed E-state index contributed by atoms with van der Waals surface area (Å²) in [5.74, 6) is -3.77. The second kappa shape index (κ2) is 8.24. The summed E-state index contributed by atoms with van der Waals surface area (Å²) in [6, 6.07) is 5.45. The molecule has 0 unspecified atom stereocenters. The van der Waals surface area contributed by atoms with Crippen LogP contribution in [0.4, 0.5) is 14.5 Å². The first-order valence-electron chi connectivity index (χ1n) is 9.19. The highest BCUT2D eigenvalue weighted by Crippen LogP contribution is 2.44. The van der Waals surface area contributed by atoms with Crippen LogP contribution >= 0.6 is 0 Å². The monoisotopic (exact) mass is 404 g/mol. The molecule has 1 N–H and O–H groups in total. The maximum atomic E-state index is 14.3. The number of amides is 1. The van der Waals surface area contributed by atoms with E-state index in [4.69, 9.17) is 9.47 Å². The summed E-state index contributed by atoms with van der Waals surface area (Å²) >= 11 is 0. The van der Waals surface area contributed by atoms with E-state index >= 15 is 0 Å². The highest BCUT2D eigenvalue weighted by Gasteiger charge is 2.46. The van der Waals surface area contributed by atoms with E-state index < -0.39 is 29.6 Å². The van der Waals surface area contributed by atoms with Crippen LogP contribution in [0.2, 0.25) is 0 Å². The van der Waals surface area contributed by atoms with Crippen molar-refractivity contribution in [3.05, 3.63) is 53.4 Å². The summed E-state index contributed by atoms with van der Waals surface area (Å²) in [6.07, 6.45) is 0.176. The lowest BCUT2D eigenvalue weighted by molar-refractivity contribution is -0.127. The van der Waals surface area contributed by atoms with Gasteiger partial charge in [-0.05, 0) is 31.0 Å². The second-order valence-electron chi connectivity index (χ2n) is 7.11. The predicted molar refractivity (Wildman–Crippen MR) is 102 cm³/mol. The summed E-state index contributed by atoms with van der Waals surface area (Å²) in [4.78, 5) is 28.4. The summed E-state index contributed by atoms with van der Waals surface area (Å²) in [5.41, 5.74) is 0.972. The summed E-state index contributed by atoms with van der Waals surface area (Å²) in [7, 11) is 1.25. The molecular formula is C21H22F2N2O4. The molecule has 0 radical (unpaired) electrons. The Morgan fingerprint density at radius 1 is 1.21 bits per heavy atom. The van der Waals surface area contributed by atoms with Gasteiger partial charge in [0.25, 0.3) is 5.91 Å². The molecule has 0 aliphatic carbocycles. The molecule has 8 heteroatoms. The molecule has 154 valence electrons. The van der Waals surface area contributed by atoms with Crippen LogP contribution in [0.15, 0.2) is 30.5 Å². The zero-order chi connectivity index (χ0) is 21.3. The van der Waals surface area contributed by atoms with Crippen molar-refractivity contribution in [2.75, 3.05) is 12.4 Å². The minimum absolute atomic E-state index is 0.158. The van der Waals surface area contributed by atoms with Crippen molar-refractivity contribution in [3.8, 4) is 5.75 Å². The Bertz CT molecular complexity index is 950. The number of hydrogen-bond acceptors (Lipinski definition) is 5. The van der Waals surface area contributed by atoms with Crippen molar-refractivity contribution in [1.29, 1.82) is 0 Å². The van der Waals surface area contributed by atoms with Gasteiger partial charge in [-0.3, -0.25) is 14.6 Å². The van der Waals surface area contributed by atoms with E-state index in [9.17, 15) is 18.4 Å². The highest BCUT2D eigenvalue weighted by atomic mass is 19.2. The van der Waals surface area contributed by atoms with Crippen molar-refractivity contribution in [2.24, 2.45) is 5.92 Å². The number of rotatable bonds is 5. The second-order valence-corrected chi connectivity index (χ2v) is 7.11. The van der Waals surface area contributed by atoms with Crippen molar-refractivity contribution in [2.45, 2.75) is 38.9 Å². The van der Waals surface area contributed by atoms with Gasteiger partial charge < -0.3 is 14.8 Å². The largest absolute Gasteiger partial charge is 0.493 e. The van der Waals surface area contributed by atoms with E-state index in [0.717, 1.165) is 6.07 Å². The Kier molecular flexibility index (Phi) is 5.93. The molecule has 1 amide bonds. The molecule has 2 aromatic rings.